The van der Waals surface area contributed by atoms with Gasteiger partial charge >= 0.3 is 0 Å². The number of rotatable bonds is 5. The van der Waals surface area contributed by atoms with Crippen molar-refractivity contribution in [3.63, 3.8) is 0 Å². The van der Waals surface area contributed by atoms with E-state index in [-0.39, 0.29) is 6.54 Å². The minimum Gasteiger partial charge on any atom is -0.347 e. The molecule has 0 aliphatic rings. The zero-order valence-electron chi connectivity index (χ0n) is 11.5. The van der Waals surface area contributed by atoms with Gasteiger partial charge in [-0.15, -0.1) is 11.3 Å². The number of anilines is 1. The molecule has 8 heteroatoms. The molecule has 1 N–H and O–H groups in total. The fraction of sp³-hybridized carbons (Fsp3) is 0.333. The number of thiophene rings is 1. The molecule has 0 spiro atoms. The van der Waals surface area contributed by atoms with E-state index in [0.717, 1.165) is 5.69 Å². The first-order chi connectivity index (χ1) is 9.38. The highest BCUT2D eigenvalue weighted by molar-refractivity contribution is 7.91. The normalized spacial score (nSPS) is 11.6. The molecule has 6 nitrogen and oxygen atoms in total. The molecular formula is C12H16N4O2S2. The summed E-state index contributed by atoms with van der Waals surface area (Å²) in [4.78, 5) is 10.4. The number of hydrogen-bond donors (Lipinski definition) is 1. The van der Waals surface area contributed by atoms with Gasteiger partial charge in [-0.2, -0.15) is 0 Å². The van der Waals surface area contributed by atoms with Gasteiger partial charge in [-0.05, 0) is 24.4 Å². The van der Waals surface area contributed by atoms with Gasteiger partial charge in [0.1, 0.15) is 4.21 Å². The Morgan fingerprint density at radius 3 is 2.70 bits per heavy atom. The van der Waals surface area contributed by atoms with Crippen LogP contribution in [-0.2, 0) is 16.6 Å². The summed E-state index contributed by atoms with van der Waals surface area (Å²) in [5, 5.41) is 1.73. The van der Waals surface area contributed by atoms with Gasteiger partial charge in [0.25, 0.3) is 0 Å². The van der Waals surface area contributed by atoms with Crippen LogP contribution in [-0.4, -0.2) is 32.5 Å². The van der Waals surface area contributed by atoms with Crippen molar-refractivity contribution in [2.75, 3.05) is 19.0 Å². The zero-order valence-corrected chi connectivity index (χ0v) is 13.1. The summed E-state index contributed by atoms with van der Waals surface area (Å²) in [7, 11) is 0.217. The van der Waals surface area contributed by atoms with E-state index in [9.17, 15) is 8.42 Å². The van der Waals surface area contributed by atoms with Gasteiger partial charge in [0.15, 0.2) is 0 Å². The first-order valence-corrected chi connectivity index (χ1v) is 8.30. The van der Waals surface area contributed by atoms with Crippen molar-refractivity contribution in [3.8, 4) is 0 Å². The van der Waals surface area contributed by atoms with E-state index in [1.54, 1.807) is 28.5 Å². The summed E-state index contributed by atoms with van der Waals surface area (Å²) < 4.78 is 26.9. The molecule has 2 aromatic rings. The van der Waals surface area contributed by atoms with Crippen molar-refractivity contribution in [1.82, 2.24) is 14.7 Å². The van der Waals surface area contributed by atoms with E-state index >= 15 is 0 Å². The van der Waals surface area contributed by atoms with E-state index in [4.69, 9.17) is 0 Å². The highest BCUT2D eigenvalue weighted by Crippen LogP contribution is 2.16. The van der Waals surface area contributed by atoms with Gasteiger partial charge in [0.2, 0.25) is 16.0 Å². The Labute approximate surface area is 122 Å². The first kappa shape index (κ1) is 14.9. The van der Waals surface area contributed by atoms with Crippen molar-refractivity contribution in [3.05, 3.63) is 35.0 Å². The van der Waals surface area contributed by atoms with Crippen LogP contribution in [0.25, 0.3) is 0 Å². The smallest absolute Gasteiger partial charge is 0.250 e. The number of sulfonamides is 1. The molecule has 0 saturated carbocycles. The van der Waals surface area contributed by atoms with Crippen LogP contribution in [0.3, 0.4) is 0 Å². The van der Waals surface area contributed by atoms with Crippen molar-refractivity contribution in [2.45, 2.75) is 17.7 Å². The van der Waals surface area contributed by atoms with Crippen LogP contribution in [0.15, 0.2) is 27.8 Å². The SMILES string of the molecule is Cc1cc(CNS(=O)(=O)c2cccs2)nc(N(C)C)n1. The highest BCUT2D eigenvalue weighted by atomic mass is 32.2. The van der Waals surface area contributed by atoms with Crippen molar-refractivity contribution < 1.29 is 8.42 Å². The third-order valence-electron chi connectivity index (χ3n) is 2.50. The fourth-order valence-electron chi connectivity index (χ4n) is 1.56. The first-order valence-electron chi connectivity index (χ1n) is 5.93. The maximum atomic E-state index is 12.0. The average Bonchev–Trinajstić information content (AvgIpc) is 2.90. The molecule has 2 heterocycles. The van der Waals surface area contributed by atoms with Crippen molar-refractivity contribution in [1.29, 1.82) is 0 Å². The molecule has 0 saturated heterocycles. The minimum atomic E-state index is -3.47. The van der Waals surface area contributed by atoms with Crippen LogP contribution in [0.1, 0.15) is 11.4 Å². The van der Waals surface area contributed by atoms with Gasteiger partial charge in [0.05, 0.1) is 12.2 Å². The fourth-order valence-corrected chi connectivity index (χ4v) is 3.60. The predicted molar refractivity (Wildman–Crippen MR) is 79.4 cm³/mol. The van der Waals surface area contributed by atoms with Crippen LogP contribution < -0.4 is 9.62 Å². The number of hydrogen-bond acceptors (Lipinski definition) is 6. The predicted octanol–water partition coefficient (Wildman–Crippen LogP) is 1.39. The summed E-state index contributed by atoms with van der Waals surface area (Å²) in [5.41, 5.74) is 1.44. The number of aryl methyl sites for hydroxylation is 1. The Balaban J connectivity index is 2.15. The second kappa shape index (κ2) is 5.86. The molecule has 0 unspecified atom stereocenters. The summed E-state index contributed by atoms with van der Waals surface area (Å²) >= 11 is 1.18. The molecule has 0 atom stereocenters. The molecule has 0 aromatic carbocycles. The number of nitrogens with zero attached hydrogens (tertiary/aromatic N) is 3. The van der Waals surface area contributed by atoms with E-state index < -0.39 is 10.0 Å². The lowest BCUT2D eigenvalue weighted by Crippen LogP contribution is -2.24. The van der Waals surface area contributed by atoms with Crippen molar-refractivity contribution >= 4 is 27.3 Å². The van der Waals surface area contributed by atoms with Gasteiger partial charge in [-0.3, -0.25) is 0 Å². The molecule has 0 amide bonds. The van der Waals surface area contributed by atoms with Crippen LogP contribution >= 0.6 is 11.3 Å². The van der Waals surface area contributed by atoms with E-state index in [2.05, 4.69) is 14.7 Å². The Kier molecular flexibility index (Phi) is 4.36. The number of nitrogens with one attached hydrogen (secondary N) is 1. The molecule has 0 radical (unpaired) electrons. The average molecular weight is 312 g/mol. The Morgan fingerprint density at radius 1 is 1.35 bits per heavy atom. The molecular weight excluding hydrogens is 296 g/mol. The molecule has 108 valence electrons. The lowest BCUT2D eigenvalue weighted by molar-refractivity contribution is 0.582. The molecule has 0 aliphatic heterocycles. The third-order valence-corrected chi connectivity index (χ3v) is 5.30. The van der Waals surface area contributed by atoms with Crippen molar-refractivity contribution in [2.24, 2.45) is 0 Å². The van der Waals surface area contributed by atoms with Gasteiger partial charge in [-0.1, -0.05) is 6.07 Å². The summed E-state index contributed by atoms with van der Waals surface area (Å²) in [6.45, 7) is 2.00. The Bertz CT molecular complexity index is 681. The third kappa shape index (κ3) is 3.53. The summed E-state index contributed by atoms with van der Waals surface area (Å²) in [5.74, 6) is 0.565. The monoisotopic (exact) mass is 312 g/mol. The zero-order chi connectivity index (χ0) is 14.8. The molecule has 0 aliphatic carbocycles. The molecule has 2 aromatic heterocycles. The lowest BCUT2D eigenvalue weighted by atomic mass is 10.3. The lowest BCUT2D eigenvalue weighted by Gasteiger charge is -2.12. The van der Waals surface area contributed by atoms with Crippen LogP contribution in [0.5, 0.6) is 0 Å². The Hall–Kier alpha value is -1.51. The molecule has 0 fully saturated rings. The highest BCUT2D eigenvalue weighted by Gasteiger charge is 2.15. The van der Waals surface area contributed by atoms with Gasteiger partial charge < -0.3 is 4.90 Å². The van der Waals surface area contributed by atoms with Gasteiger partial charge in [0, 0.05) is 19.8 Å². The second-order valence-corrected chi connectivity index (χ2v) is 7.39. The summed E-state index contributed by atoms with van der Waals surface area (Å²) in [6, 6.07) is 5.05. The summed E-state index contributed by atoms with van der Waals surface area (Å²) in [6.07, 6.45) is 0. The molecule has 0 bridgehead atoms. The minimum absolute atomic E-state index is 0.143. The largest absolute Gasteiger partial charge is 0.347 e. The molecule has 20 heavy (non-hydrogen) atoms. The van der Waals surface area contributed by atoms with Crippen LogP contribution in [0.4, 0.5) is 5.95 Å². The van der Waals surface area contributed by atoms with E-state index in [0.29, 0.717) is 15.9 Å². The van der Waals surface area contributed by atoms with Crippen LogP contribution in [0.2, 0.25) is 0 Å². The quantitative estimate of drug-likeness (QED) is 0.903. The Morgan fingerprint density at radius 2 is 2.10 bits per heavy atom. The van der Waals surface area contributed by atoms with E-state index in [1.807, 2.05) is 21.0 Å². The van der Waals surface area contributed by atoms with Gasteiger partial charge in [-0.25, -0.2) is 23.1 Å². The standard InChI is InChI=1S/C12H16N4O2S2/c1-9-7-10(15-12(14-9)16(2)3)8-13-20(17,18)11-5-4-6-19-11/h4-7,13H,8H2,1-3H3. The maximum absolute atomic E-state index is 12.0. The molecule has 2 rings (SSSR count). The van der Waals surface area contributed by atoms with E-state index in [1.165, 1.54) is 11.3 Å². The maximum Gasteiger partial charge on any atom is 0.250 e. The van der Waals surface area contributed by atoms with Crippen LogP contribution in [0, 0.1) is 6.92 Å². The second-order valence-electron chi connectivity index (χ2n) is 4.45. The number of aromatic nitrogens is 2. The topological polar surface area (TPSA) is 75.2 Å².